The second kappa shape index (κ2) is 16.0. The summed E-state index contributed by atoms with van der Waals surface area (Å²) < 4.78 is 10.5. The molecule has 0 aliphatic rings. The van der Waals surface area contributed by atoms with Gasteiger partial charge in [-0.25, -0.2) is 9.59 Å². The molecule has 1 amide bonds. The normalized spacial score (nSPS) is 13.3. The van der Waals surface area contributed by atoms with E-state index in [1.807, 2.05) is 27.7 Å². The van der Waals surface area contributed by atoms with Gasteiger partial charge in [-0.05, 0) is 18.3 Å². The smallest absolute Gasteiger partial charge is 0.407 e. The van der Waals surface area contributed by atoms with Gasteiger partial charge >= 0.3 is 12.1 Å². The summed E-state index contributed by atoms with van der Waals surface area (Å²) >= 11 is 0. The highest BCUT2D eigenvalue weighted by atomic mass is 16.6. The number of rotatable bonds is 15. The third kappa shape index (κ3) is 13.0. The largest absolute Gasteiger partial charge is 0.464 e. The van der Waals surface area contributed by atoms with E-state index in [1.165, 1.54) is 38.5 Å². The van der Waals surface area contributed by atoms with E-state index in [9.17, 15) is 9.59 Å². The van der Waals surface area contributed by atoms with Crippen LogP contribution in [0.15, 0.2) is 0 Å². The lowest BCUT2D eigenvalue weighted by molar-refractivity contribution is -0.147. The lowest BCUT2D eigenvalue weighted by Crippen LogP contribution is -2.46. The third-order valence-corrected chi connectivity index (χ3v) is 4.53. The van der Waals surface area contributed by atoms with E-state index in [1.54, 1.807) is 0 Å². The van der Waals surface area contributed by atoms with Crippen molar-refractivity contribution < 1.29 is 19.1 Å². The Morgan fingerprint density at radius 2 is 1.42 bits per heavy atom. The van der Waals surface area contributed by atoms with E-state index >= 15 is 0 Å². The van der Waals surface area contributed by atoms with Crippen molar-refractivity contribution in [1.29, 1.82) is 0 Å². The van der Waals surface area contributed by atoms with Crippen LogP contribution in [0, 0.1) is 11.8 Å². The van der Waals surface area contributed by atoms with Gasteiger partial charge in [0, 0.05) is 0 Å². The molecule has 2 atom stereocenters. The summed E-state index contributed by atoms with van der Waals surface area (Å²) in [6.45, 7) is 10.8. The van der Waals surface area contributed by atoms with Gasteiger partial charge in [-0.3, -0.25) is 0 Å². The average Bonchev–Trinajstić information content (AvgIpc) is 2.62. The van der Waals surface area contributed by atoms with Crippen molar-refractivity contribution in [1.82, 2.24) is 5.32 Å². The Morgan fingerprint density at radius 1 is 0.846 bits per heavy atom. The first-order valence-corrected chi connectivity index (χ1v) is 10.5. The number of hydrogen-bond donors (Lipinski definition) is 1. The van der Waals surface area contributed by atoms with Crippen molar-refractivity contribution in [3.8, 4) is 0 Å². The molecule has 1 unspecified atom stereocenters. The fourth-order valence-electron chi connectivity index (χ4n) is 2.58. The summed E-state index contributed by atoms with van der Waals surface area (Å²) in [6, 6.07) is -0.645. The zero-order chi connectivity index (χ0) is 19.8. The van der Waals surface area contributed by atoms with Crippen LogP contribution in [0.1, 0.15) is 92.4 Å². The van der Waals surface area contributed by atoms with E-state index in [4.69, 9.17) is 9.47 Å². The van der Waals surface area contributed by atoms with Gasteiger partial charge in [-0.2, -0.15) is 0 Å². The highest BCUT2D eigenvalue weighted by Crippen LogP contribution is 2.12. The summed E-state index contributed by atoms with van der Waals surface area (Å²) in [4.78, 5) is 24.2. The number of unbranched alkanes of at least 4 members (excludes halogenated alkanes) is 7. The number of ether oxygens (including phenoxy) is 2. The fraction of sp³-hybridized carbons (Fsp3) is 0.905. The minimum absolute atomic E-state index is 0.00710. The second-order valence-electron chi connectivity index (χ2n) is 7.64. The monoisotopic (exact) mass is 371 g/mol. The molecule has 0 saturated heterocycles. The van der Waals surface area contributed by atoms with Crippen molar-refractivity contribution in [3.63, 3.8) is 0 Å². The second-order valence-corrected chi connectivity index (χ2v) is 7.64. The Morgan fingerprint density at radius 3 is 1.96 bits per heavy atom. The quantitative estimate of drug-likeness (QED) is 0.306. The number of esters is 1. The highest BCUT2D eigenvalue weighted by Gasteiger charge is 2.27. The number of carbonyl (C=O) groups is 2. The topological polar surface area (TPSA) is 64.6 Å². The highest BCUT2D eigenvalue weighted by molar-refractivity contribution is 5.81. The molecule has 1 N–H and O–H groups in total. The number of amides is 1. The standard InChI is InChI=1S/C21H41NO4/c1-6-8-9-10-11-12-13-14-15-25-20(23)19(18(5)7-2)22-21(24)26-16-17(3)4/h17-19H,6-16H2,1-5H3,(H,22,24)/t18?,19-/m0/s1. The summed E-state index contributed by atoms with van der Waals surface area (Å²) in [7, 11) is 0. The lowest BCUT2D eigenvalue weighted by atomic mass is 9.99. The summed E-state index contributed by atoms with van der Waals surface area (Å²) in [5.41, 5.74) is 0. The van der Waals surface area contributed by atoms with Gasteiger partial charge in [-0.1, -0.05) is 86.0 Å². The molecule has 0 bridgehead atoms. The molecule has 0 radical (unpaired) electrons. The maximum Gasteiger partial charge on any atom is 0.407 e. The molecule has 0 saturated carbocycles. The zero-order valence-electron chi connectivity index (χ0n) is 17.6. The maximum atomic E-state index is 12.3. The maximum absolute atomic E-state index is 12.3. The predicted octanol–water partition coefficient (Wildman–Crippen LogP) is 5.47. The van der Waals surface area contributed by atoms with Crippen LogP contribution in [-0.2, 0) is 14.3 Å². The molecular weight excluding hydrogens is 330 g/mol. The summed E-state index contributed by atoms with van der Waals surface area (Å²) in [5.74, 6) is -0.0896. The average molecular weight is 372 g/mol. The molecular formula is C21H41NO4. The SMILES string of the molecule is CCCCCCCCCCOC(=O)[C@@H](NC(=O)OCC(C)C)C(C)CC. The summed E-state index contributed by atoms with van der Waals surface area (Å²) in [5, 5.41) is 2.67. The first-order valence-electron chi connectivity index (χ1n) is 10.5. The minimum Gasteiger partial charge on any atom is -0.464 e. The van der Waals surface area contributed by atoms with E-state index < -0.39 is 12.1 Å². The molecule has 26 heavy (non-hydrogen) atoms. The fourth-order valence-corrected chi connectivity index (χ4v) is 2.58. The molecule has 0 heterocycles. The summed E-state index contributed by atoms with van der Waals surface area (Å²) in [6.07, 6.45) is 9.85. The van der Waals surface area contributed by atoms with Gasteiger partial charge in [0.2, 0.25) is 0 Å². The van der Waals surface area contributed by atoms with Crippen LogP contribution in [-0.4, -0.2) is 31.3 Å². The number of carbonyl (C=O) groups excluding carboxylic acids is 2. The number of nitrogens with one attached hydrogen (secondary N) is 1. The van der Waals surface area contributed by atoms with Gasteiger partial charge in [0.1, 0.15) is 6.04 Å². The van der Waals surface area contributed by atoms with Crippen molar-refractivity contribution in [3.05, 3.63) is 0 Å². The molecule has 0 aromatic carbocycles. The molecule has 5 nitrogen and oxygen atoms in total. The Labute approximate surface area is 160 Å². The lowest BCUT2D eigenvalue weighted by Gasteiger charge is -2.22. The Balaban J connectivity index is 4.06. The van der Waals surface area contributed by atoms with E-state index in [0.717, 1.165) is 19.3 Å². The van der Waals surface area contributed by atoms with Gasteiger partial charge < -0.3 is 14.8 Å². The van der Waals surface area contributed by atoms with Crippen LogP contribution in [0.3, 0.4) is 0 Å². The van der Waals surface area contributed by atoms with E-state index in [0.29, 0.717) is 13.2 Å². The van der Waals surface area contributed by atoms with Crippen molar-refractivity contribution in [2.24, 2.45) is 11.8 Å². The minimum atomic E-state index is -0.645. The molecule has 0 aliphatic heterocycles. The van der Waals surface area contributed by atoms with Gasteiger partial charge in [0.05, 0.1) is 13.2 Å². The van der Waals surface area contributed by atoms with Gasteiger partial charge in [0.25, 0.3) is 0 Å². The predicted molar refractivity (Wildman–Crippen MR) is 106 cm³/mol. The van der Waals surface area contributed by atoms with Crippen LogP contribution >= 0.6 is 0 Å². The third-order valence-electron chi connectivity index (χ3n) is 4.53. The molecule has 0 aliphatic carbocycles. The molecule has 0 rings (SSSR count). The van der Waals surface area contributed by atoms with Crippen molar-refractivity contribution in [2.75, 3.05) is 13.2 Å². The van der Waals surface area contributed by atoms with E-state index in [2.05, 4.69) is 12.2 Å². The van der Waals surface area contributed by atoms with Crippen LogP contribution in [0.4, 0.5) is 4.79 Å². The van der Waals surface area contributed by atoms with Gasteiger partial charge in [0.15, 0.2) is 0 Å². The van der Waals surface area contributed by atoms with Crippen molar-refractivity contribution in [2.45, 2.75) is 98.4 Å². The first kappa shape index (κ1) is 24.7. The zero-order valence-corrected chi connectivity index (χ0v) is 17.6. The Bertz CT molecular complexity index is 371. The van der Waals surface area contributed by atoms with Crippen LogP contribution in [0.2, 0.25) is 0 Å². The Hall–Kier alpha value is -1.26. The first-order chi connectivity index (χ1) is 12.4. The van der Waals surface area contributed by atoms with E-state index in [-0.39, 0.29) is 17.8 Å². The molecule has 0 spiro atoms. The van der Waals surface area contributed by atoms with Crippen molar-refractivity contribution >= 4 is 12.1 Å². The molecule has 0 aromatic rings. The number of alkyl carbamates (subject to hydrolysis) is 1. The number of hydrogen-bond acceptors (Lipinski definition) is 4. The van der Waals surface area contributed by atoms with Gasteiger partial charge in [-0.15, -0.1) is 0 Å². The van der Waals surface area contributed by atoms with Crippen LogP contribution < -0.4 is 5.32 Å². The van der Waals surface area contributed by atoms with Crippen LogP contribution in [0.25, 0.3) is 0 Å². The molecule has 5 heteroatoms. The molecule has 0 fully saturated rings. The van der Waals surface area contributed by atoms with Crippen LogP contribution in [0.5, 0.6) is 0 Å². The Kier molecular flexibility index (Phi) is 15.2. The molecule has 154 valence electrons. The molecule has 0 aromatic heterocycles.